The fourth-order valence-electron chi connectivity index (χ4n) is 2.92. The Morgan fingerprint density at radius 1 is 1.21 bits per heavy atom. The largest absolute Gasteiger partial charge is 0.324 e. The number of hydrogen-bond acceptors (Lipinski definition) is 2. The van der Waals surface area contributed by atoms with Crippen molar-refractivity contribution in [3.05, 3.63) is 35.6 Å². The number of nitrogens with zero attached hydrogens (tertiary/aromatic N) is 1. The van der Waals surface area contributed by atoms with Gasteiger partial charge in [-0.05, 0) is 50.6 Å². The molecule has 0 radical (unpaired) electrons. The molecule has 19 heavy (non-hydrogen) atoms. The van der Waals surface area contributed by atoms with Crippen molar-refractivity contribution in [2.75, 3.05) is 13.6 Å². The van der Waals surface area contributed by atoms with Gasteiger partial charge in [-0.25, -0.2) is 4.39 Å². The van der Waals surface area contributed by atoms with Crippen LogP contribution in [0.5, 0.6) is 0 Å². The zero-order valence-electron chi connectivity index (χ0n) is 11.8. The van der Waals surface area contributed by atoms with E-state index in [0.717, 1.165) is 24.6 Å². The van der Waals surface area contributed by atoms with Crippen LogP contribution in [0.25, 0.3) is 0 Å². The molecule has 1 aliphatic carbocycles. The first-order valence-corrected chi connectivity index (χ1v) is 7.38. The lowest BCUT2D eigenvalue weighted by atomic mass is 9.94. The Bertz CT molecular complexity index is 371. The summed E-state index contributed by atoms with van der Waals surface area (Å²) in [6, 6.07) is 7.29. The van der Waals surface area contributed by atoms with Gasteiger partial charge in [-0.2, -0.15) is 0 Å². The third-order valence-electron chi connectivity index (χ3n) is 4.29. The van der Waals surface area contributed by atoms with E-state index in [4.69, 9.17) is 5.73 Å². The van der Waals surface area contributed by atoms with Gasteiger partial charge in [-0.1, -0.05) is 31.4 Å². The quantitative estimate of drug-likeness (QED) is 0.882. The van der Waals surface area contributed by atoms with E-state index in [2.05, 4.69) is 11.9 Å². The first kappa shape index (κ1) is 14.5. The molecule has 3 heteroatoms. The normalized spacial score (nSPS) is 18.7. The van der Waals surface area contributed by atoms with E-state index in [1.165, 1.54) is 44.2 Å². The lowest BCUT2D eigenvalue weighted by Crippen LogP contribution is -2.35. The Labute approximate surface area is 115 Å². The van der Waals surface area contributed by atoms with Crippen molar-refractivity contribution in [3.8, 4) is 0 Å². The molecule has 106 valence electrons. The molecule has 1 aromatic rings. The second kappa shape index (κ2) is 7.01. The Kier molecular flexibility index (Phi) is 5.34. The van der Waals surface area contributed by atoms with Crippen LogP contribution in [-0.4, -0.2) is 24.5 Å². The van der Waals surface area contributed by atoms with Crippen LogP contribution >= 0.6 is 0 Å². The molecule has 2 rings (SSSR count). The minimum Gasteiger partial charge on any atom is -0.324 e. The topological polar surface area (TPSA) is 29.3 Å². The van der Waals surface area contributed by atoms with Crippen LogP contribution in [0.3, 0.4) is 0 Å². The summed E-state index contributed by atoms with van der Waals surface area (Å²) in [7, 11) is 2.20. The summed E-state index contributed by atoms with van der Waals surface area (Å²) in [5, 5.41) is 0. The molecule has 1 atom stereocenters. The van der Waals surface area contributed by atoms with Crippen LogP contribution in [0.1, 0.15) is 50.1 Å². The van der Waals surface area contributed by atoms with Crippen molar-refractivity contribution in [3.63, 3.8) is 0 Å². The second-order valence-electron chi connectivity index (χ2n) is 5.72. The third kappa shape index (κ3) is 4.29. The highest BCUT2D eigenvalue weighted by Gasteiger charge is 2.18. The molecule has 0 aromatic heterocycles. The molecule has 0 spiro atoms. The van der Waals surface area contributed by atoms with Crippen molar-refractivity contribution in [1.29, 1.82) is 0 Å². The number of hydrogen-bond donors (Lipinski definition) is 1. The summed E-state index contributed by atoms with van der Waals surface area (Å²) in [5.41, 5.74) is 7.20. The van der Waals surface area contributed by atoms with Crippen molar-refractivity contribution in [2.45, 2.75) is 50.6 Å². The highest BCUT2D eigenvalue weighted by Crippen LogP contribution is 2.23. The molecule has 0 heterocycles. The Morgan fingerprint density at radius 2 is 1.84 bits per heavy atom. The zero-order chi connectivity index (χ0) is 13.7. The molecule has 2 nitrogen and oxygen atoms in total. The van der Waals surface area contributed by atoms with Crippen molar-refractivity contribution in [1.82, 2.24) is 4.90 Å². The molecule has 0 saturated heterocycles. The minimum absolute atomic E-state index is 0.00615. The van der Waals surface area contributed by atoms with Crippen LogP contribution in [0.15, 0.2) is 24.3 Å². The fourth-order valence-corrected chi connectivity index (χ4v) is 2.92. The van der Waals surface area contributed by atoms with E-state index in [1.54, 1.807) is 12.1 Å². The van der Waals surface area contributed by atoms with Gasteiger partial charge in [0.15, 0.2) is 0 Å². The lowest BCUT2D eigenvalue weighted by Gasteiger charge is -2.31. The average molecular weight is 264 g/mol. The monoisotopic (exact) mass is 264 g/mol. The van der Waals surface area contributed by atoms with Gasteiger partial charge >= 0.3 is 0 Å². The average Bonchev–Trinajstić information content (AvgIpc) is 2.46. The standard InChI is InChI=1S/C16H25FN2/c1-19(15-5-3-2-4-6-15)12-11-16(18)13-7-9-14(17)10-8-13/h7-10,15-16H,2-6,11-12,18H2,1H3. The number of benzene rings is 1. The van der Waals surface area contributed by atoms with Crippen LogP contribution in [0, 0.1) is 5.82 Å². The van der Waals surface area contributed by atoms with Gasteiger partial charge in [0.05, 0.1) is 0 Å². The summed E-state index contributed by atoms with van der Waals surface area (Å²) in [6.07, 6.45) is 7.68. The van der Waals surface area contributed by atoms with E-state index in [1.807, 2.05) is 0 Å². The van der Waals surface area contributed by atoms with Crippen LogP contribution < -0.4 is 5.73 Å². The number of halogens is 1. The zero-order valence-corrected chi connectivity index (χ0v) is 11.8. The summed E-state index contributed by atoms with van der Waals surface area (Å²) < 4.78 is 12.9. The molecular weight excluding hydrogens is 239 g/mol. The van der Waals surface area contributed by atoms with E-state index >= 15 is 0 Å². The van der Waals surface area contributed by atoms with E-state index in [9.17, 15) is 4.39 Å². The maximum Gasteiger partial charge on any atom is 0.123 e. The summed E-state index contributed by atoms with van der Waals surface area (Å²) in [6.45, 7) is 1.02. The molecule has 1 aliphatic rings. The van der Waals surface area contributed by atoms with Gasteiger partial charge in [0.25, 0.3) is 0 Å². The van der Waals surface area contributed by atoms with Crippen molar-refractivity contribution < 1.29 is 4.39 Å². The fraction of sp³-hybridized carbons (Fsp3) is 0.625. The van der Waals surface area contributed by atoms with Gasteiger partial charge in [0, 0.05) is 12.1 Å². The van der Waals surface area contributed by atoms with Crippen LogP contribution in [0.4, 0.5) is 4.39 Å². The SMILES string of the molecule is CN(CCC(N)c1ccc(F)cc1)C1CCCCC1. The second-order valence-corrected chi connectivity index (χ2v) is 5.72. The van der Waals surface area contributed by atoms with Gasteiger partial charge in [-0.3, -0.25) is 0 Å². The highest BCUT2D eigenvalue weighted by atomic mass is 19.1. The molecule has 1 unspecified atom stereocenters. The summed E-state index contributed by atoms with van der Waals surface area (Å²) in [4.78, 5) is 2.45. The predicted molar refractivity (Wildman–Crippen MR) is 77.4 cm³/mol. The molecule has 0 aliphatic heterocycles. The van der Waals surface area contributed by atoms with E-state index < -0.39 is 0 Å². The summed E-state index contributed by atoms with van der Waals surface area (Å²) >= 11 is 0. The number of rotatable bonds is 5. The number of nitrogens with two attached hydrogens (primary N) is 1. The molecule has 2 N–H and O–H groups in total. The van der Waals surface area contributed by atoms with Gasteiger partial charge in [0.2, 0.25) is 0 Å². The highest BCUT2D eigenvalue weighted by molar-refractivity contribution is 5.19. The Morgan fingerprint density at radius 3 is 2.47 bits per heavy atom. The van der Waals surface area contributed by atoms with Gasteiger partial charge < -0.3 is 10.6 Å². The predicted octanol–water partition coefficient (Wildman–Crippen LogP) is 3.48. The van der Waals surface area contributed by atoms with E-state index in [-0.39, 0.29) is 11.9 Å². The molecule has 0 bridgehead atoms. The van der Waals surface area contributed by atoms with Crippen molar-refractivity contribution in [2.24, 2.45) is 5.73 Å². The smallest absolute Gasteiger partial charge is 0.123 e. The van der Waals surface area contributed by atoms with E-state index in [0.29, 0.717) is 0 Å². The molecule has 1 aromatic carbocycles. The lowest BCUT2D eigenvalue weighted by molar-refractivity contribution is 0.186. The van der Waals surface area contributed by atoms with Gasteiger partial charge in [-0.15, -0.1) is 0 Å². The van der Waals surface area contributed by atoms with Gasteiger partial charge in [0.1, 0.15) is 5.82 Å². The Balaban J connectivity index is 1.79. The molecular formula is C16H25FN2. The maximum atomic E-state index is 12.9. The first-order valence-electron chi connectivity index (χ1n) is 7.38. The minimum atomic E-state index is -0.199. The van der Waals surface area contributed by atoms with Crippen molar-refractivity contribution >= 4 is 0 Å². The first-order chi connectivity index (χ1) is 9.16. The maximum absolute atomic E-state index is 12.9. The van der Waals surface area contributed by atoms with Crippen LogP contribution in [0.2, 0.25) is 0 Å². The summed E-state index contributed by atoms with van der Waals surface area (Å²) in [5.74, 6) is -0.199. The molecule has 1 fully saturated rings. The molecule has 0 amide bonds. The Hall–Kier alpha value is -0.930. The third-order valence-corrected chi connectivity index (χ3v) is 4.29. The van der Waals surface area contributed by atoms with Crippen LogP contribution in [-0.2, 0) is 0 Å². The molecule has 1 saturated carbocycles.